The number of hydrogen-bond donors (Lipinski definition) is 3. The molecular formula is C13H19N3O3. The number of nitrogen functional groups attached to an aromatic ring is 1. The fourth-order valence-electron chi connectivity index (χ4n) is 1.41. The highest BCUT2D eigenvalue weighted by Gasteiger charge is 2.31. The lowest BCUT2D eigenvalue weighted by Gasteiger charge is -2.23. The summed E-state index contributed by atoms with van der Waals surface area (Å²) in [5.74, 6) is -1.17. The van der Waals surface area contributed by atoms with E-state index in [-0.39, 0.29) is 18.9 Å². The van der Waals surface area contributed by atoms with Crippen LogP contribution < -0.4 is 11.1 Å². The number of pyridine rings is 1. The van der Waals surface area contributed by atoms with E-state index in [9.17, 15) is 9.59 Å². The predicted octanol–water partition coefficient (Wildman–Crippen LogP) is 0.823. The molecule has 0 aliphatic heterocycles. The predicted molar refractivity (Wildman–Crippen MR) is 71.4 cm³/mol. The van der Waals surface area contributed by atoms with Crippen molar-refractivity contribution in [3.05, 3.63) is 24.0 Å². The second-order valence-electron chi connectivity index (χ2n) is 4.76. The maximum Gasteiger partial charge on any atom is 0.311 e. The number of nitrogens with zero attached hydrogens (tertiary/aromatic N) is 1. The topological polar surface area (TPSA) is 105 Å². The molecule has 1 unspecified atom stereocenters. The molecule has 0 saturated carbocycles. The van der Waals surface area contributed by atoms with Crippen LogP contribution in [0.4, 0.5) is 5.69 Å². The van der Waals surface area contributed by atoms with Crippen LogP contribution in [0.1, 0.15) is 26.0 Å². The highest BCUT2D eigenvalue weighted by atomic mass is 16.4. The highest BCUT2D eigenvalue weighted by molar-refractivity contribution is 5.80. The Labute approximate surface area is 112 Å². The second kappa shape index (κ2) is 6.17. The molecule has 0 aliphatic carbocycles. The quantitative estimate of drug-likeness (QED) is 0.706. The average molecular weight is 265 g/mol. The SMILES string of the molecule is CCC(C)(CNC(=O)Cc1ccc(N)cn1)C(=O)O. The van der Waals surface area contributed by atoms with Crippen LogP contribution in [0.25, 0.3) is 0 Å². The Morgan fingerprint density at radius 2 is 2.16 bits per heavy atom. The van der Waals surface area contributed by atoms with Crippen molar-refractivity contribution < 1.29 is 14.7 Å². The number of anilines is 1. The van der Waals surface area contributed by atoms with Crippen LogP contribution in [0.3, 0.4) is 0 Å². The van der Waals surface area contributed by atoms with Gasteiger partial charge in [0.2, 0.25) is 5.91 Å². The molecule has 4 N–H and O–H groups in total. The molecular weight excluding hydrogens is 246 g/mol. The molecule has 1 atom stereocenters. The molecule has 6 heteroatoms. The van der Waals surface area contributed by atoms with E-state index < -0.39 is 11.4 Å². The molecule has 0 aromatic carbocycles. The maximum atomic E-state index is 11.7. The number of amides is 1. The molecule has 1 heterocycles. The molecule has 0 aliphatic rings. The highest BCUT2D eigenvalue weighted by Crippen LogP contribution is 2.19. The van der Waals surface area contributed by atoms with E-state index in [1.54, 1.807) is 26.0 Å². The normalized spacial score (nSPS) is 13.6. The summed E-state index contributed by atoms with van der Waals surface area (Å²) in [4.78, 5) is 26.8. The number of carbonyl (C=O) groups is 2. The van der Waals surface area contributed by atoms with Crippen LogP contribution in [0.15, 0.2) is 18.3 Å². The molecule has 0 saturated heterocycles. The van der Waals surface area contributed by atoms with Gasteiger partial charge in [0.15, 0.2) is 0 Å². The Morgan fingerprint density at radius 3 is 2.63 bits per heavy atom. The largest absolute Gasteiger partial charge is 0.481 e. The fraction of sp³-hybridized carbons (Fsp3) is 0.462. The molecule has 1 rings (SSSR count). The van der Waals surface area contributed by atoms with Crippen molar-refractivity contribution in [2.75, 3.05) is 12.3 Å². The van der Waals surface area contributed by atoms with E-state index in [4.69, 9.17) is 10.8 Å². The van der Waals surface area contributed by atoms with Crippen molar-refractivity contribution in [3.8, 4) is 0 Å². The van der Waals surface area contributed by atoms with E-state index in [1.165, 1.54) is 6.20 Å². The van der Waals surface area contributed by atoms with E-state index in [1.807, 2.05) is 0 Å². The number of rotatable bonds is 6. The summed E-state index contributed by atoms with van der Waals surface area (Å²) in [6.07, 6.45) is 2.04. The fourth-order valence-corrected chi connectivity index (χ4v) is 1.41. The molecule has 1 aromatic heterocycles. The summed E-state index contributed by atoms with van der Waals surface area (Å²) in [5.41, 5.74) is 5.69. The first-order chi connectivity index (χ1) is 8.87. The summed E-state index contributed by atoms with van der Waals surface area (Å²) >= 11 is 0. The minimum Gasteiger partial charge on any atom is -0.481 e. The first kappa shape index (κ1) is 14.9. The van der Waals surface area contributed by atoms with Crippen molar-refractivity contribution in [2.24, 2.45) is 5.41 Å². The Hall–Kier alpha value is -2.11. The van der Waals surface area contributed by atoms with Gasteiger partial charge in [-0.25, -0.2) is 0 Å². The maximum absolute atomic E-state index is 11.7. The first-order valence-electron chi connectivity index (χ1n) is 6.08. The van der Waals surface area contributed by atoms with Crippen LogP contribution in [-0.4, -0.2) is 28.5 Å². The molecule has 0 spiro atoms. The van der Waals surface area contributed by atoms with Crippen LogP contribution in [0, 0.1) is 5.41 Å². The molecule has 0 bridgehead atoms. The van der Waals surface area contributed by atoms with Gasteiger partial charge < -0.3 is 16.2 Å². The van der Waals surface area contributed by atoms with Gasteiger partial charge in [0.1, 0.15) is 0 Å². The third-order valence-electron chi connectivity index (χ3n) is 3.16. The summed E-state index contributed by atoms with van der Waals surface area (Å²) in [6.45, 7) is 3.49. The lowest BCUT2D eigenvalue weighted by atomic mass is 9.87. The number of carboxylic acid groups (broad SMARTS) is 1. The molecule has 104 valence electrons. The monoisotopic (exact) mass is 265 g/mol. The van der Waals surface area contributed by atoms with Crippen molar-refractivity contribution in [2.45, 2.75) is 26.7 Å². The zero-order valence-corrected chi connectivity index (χ0v) is 11.1. The van der Waals surface area contributed by atoms with Gasteiger partial charge in [-0.15, -0.1) is 0 Å². The van der Waals surface area contributed by atoms with Gasteiger partial charge in [0.05, 0.1) is 23.7 Å². The van der Waals surface area contributed by atoms with E-state index in [0.29, 0.717) is 17.8 Å². The van der Waals surface area contributed by atoms with Crippen LogP contribution in [0.2, 0.25) is 0 Å². The summed E-state index contributed by atoms with van der Waals surface area (Å²) < 4.78 is 0. The van der Waals surface area contributed by atoms with Crippen molar-refractivity contribution in [1.82, 2.24) is 10.3 Å². The van der Waals surface area contributed by atoms with Crippen molar-refractivity contribution >= 4 is 17.6 Å². The van der Waals surface area contributed by atoms with Gasteiger partial charge >= 0.3 is 5.97 Å². The molecule has 1 aromatic rings. The third kappa shape index (κ3) is 4.24. The number of nitrogens with one attached hydrogen (secondary N) is 1. The van der Waals surface area contributed by atoms with Gasteiger partial charge in [0, 0.05) is 12.2 Å². The summed E-state index contributed by atoms with van der Waals surface area (Å²) in [7, 11) is 0. The lowest BCUT2D eigenvalue weighted by molar-refractivity contribution is -0.148. The number of aliphatic carboxylic acids is 1. The van der Waals surface area contributed by atoms with Gasteiger partial charge in [-0.05, 0) is 25.5 Å². The minimum absolute atomic E-state index is 0.104. The number of nitrogens with two attached hydrogens (primary N) is 1. The number of carbonyl (C=O) groups excluding carboxylic acids is 1. The van der Waals surface area contributed by atoms with E-state index in [0.717, 1.165) is 0 Å². The number of aromatic nitrogens is 1. The summed E-state index contributed by atoms with van der Waals surface area (Å²) in [5, 5.41) is 11.7. The Balaban J connectivity index is 2.52. The van der Waals surface area contributed by atoms with Crippen molar-refractivity contribution in [1.29, 1.82) is 0 Å². The van der Waals surface area contributed by atoms with Crippen LogP contribution in [-0.2, 0) is 16.0 Å². The van der Waals surface area contributed by atoms with Crippen molar-refractivity contribution in [3.63, 3.8) is 0 Å². The smallest absolute Gasteiger partial charge is 0.311 e. The zero-order chi connectivity index (χ0) is 14.5. The molecule has 1 amide bonds. The third-order valence-corrected chi connectivity index (χ3v) is 3.16. The molecule has 0 fully saturated rings. The summed E-state index contributed by atoms with van der Waals surface area (Å²) in [6, 6.07) is 3.34. The Bertz CT molecular complexity index is 459. The standard InChI is InChI=1S/C13H19N3O3/c1-3-13(2,12(18)19)8-16-11(17)6-10-5-4-9(14)7-15-10/h4-5,7H,3,6,8,14H2,1-2H3,(H,16,17)(H,18,19). The number of hydrogen-bond acceptors (Lipinski definition) is 4. The molecule has 0 radical (unpaired) electrons. The second-order valence-corrected chi connectivity index (χ2v) is 4.76. The Morgan fingerprint density at radius 1 is 1.47 bits per heavy atom. The number of carboxylic acids is 1. The lowest BCUT2D eigenvalue weighted by Crippen LogP contribution is -2.41. The van der Waals surface area contributed by atoms with Gasteiger partial charge in [-0.2, -0.15) is 0 Å². The molecule has 19 heavy (non-hydrogen) atoms. The van der Waals surface area contributed by atoms with Crippen LogP contribution >= 0.6 is 0 Å². The van der Waals surface area contributed by atoms with E-state index >= 15 is 0 Å². The van der Waals surface area contributed by atoms with Gasteiger partial charge in [-0.3, -0.25) is 14.6 Å². The van der Waals surface area contributed by atoms with E-state index in [2.05, 4.69) is 10.3 Å². The average Bonchev–Trinajstić information content (AvgIpc) is 2.38. The molecule has 6 nitrogen and oxygen atoms in total. The van der Waals surface area contributed by atoms with Gasteiger partial charge in [0.25, 0.3) is 0 Å². The first-order valence-corrected chi connectivity index (χ1v) is 6.08. The van der Waals surface area contributed by atoms with Gasteiger partial charge in [-0.1, -0.05) is 6.92 Å². The minimum atomic E-state index is -0.940. The zero-order valence-electron chi connectivity index (χ0n) is 11.1. The van der Waals surface area contributed by atoms with Crippen LogP contribution in [0.5, 0.6) is 0 Å². The Kier molecular flexibility index (Phi) is 4.86.